The maximum Gasteiger partial charge on any atom is 0.311 e. The van der Waals surface area contributed by atoms with Crippen molar-refractivity contribution in [3.8, 4) is 0 Å². The average molecular weight is 263 g/mol. The molecule has 0 aromatic heterocycles. The molecule has 19 heavy (non-hydrogen) atoms. The van der Waals surface area contributed by atoms with Gasteiger partial charge in [0.15, 0.2) is 0 Å². The number of carboxylic acids is 1. The molecule has 1 aromatic carbocycles. The van der Waals surface area contributed by atoms with E-state index in [9.17, 15) is 9.59 Å². The zero-order valence-corrected chi connectivity index (χ0v) is 10.8. The second-order valence-corrected chi connectivity index (χ2v) is 4.72. The van der Waals surface area contributed by atoms with Crippen molar-refractivity contribution in [2.24, 2.45) is 5.92 Å². The lowest BCUT2D eigenvalue weighted by atomic mass is 10.0. The molecule has 1 amide bonds. The van der Waals surface area contributed by atoms with Gasteiger partial charge in [0.2, 0.25) is 5.91 Å². The molecule has 0 spiro atoms. The maximum atomic E-state index is 12.1. The van der Waals surface area contributed by atoms with Crippen LogP contribution < -0.4 is 0 Å². The fourth-order valence-electron chi connectivity index (χ4n) is 2.24. The van der Waals surface area contributed by atoms with Crippen molar-refractivity contribution in [2.45, 2.75) is 12.5 Å². The Labute approximate surface area is 111 Å². The summed E-state index contributed by atoms with van der Waals surface area (Å²) < 4.78 is 5.18. The number of carbonyl (C=O) groups excluding carboxylic acids is 1. The van der Waals surface area contributed by atoms with Crippen molar-refractivity contribution in [3.63, 3.8) is 0 Å². The molecule has 2 rings (SSSR count). The topological polar surface area (TPSA) is 66.8 Å². The van der Waals surface area contributed by atoms with Crippen molar-refractivity contribution >= 4 is 11.9 Å². The van der Waals surface area contributed by atoms with Gasteiger partial charge in [0.05, 0.1) is 25.7 Å². The second-order valence-electron chi connectivity index (χ2n) is 4.72. The minimum Gasteiger partial charge on any atom is -0.481 e. The highest BCUT2D eigenvalue weighted by Crippen LogP contribution is 2.19. The van der Waals surface area contributed by atoms with Gasteiger partial charge in [-0.2, -0.15) is 0 Å². The van der Waals surface area contributed by atoms with Gasteiger partial charge in [-0.1, -0.05) is 30.3 Å². The Morgan fingerprint density at radius 1 is 1.32 bits per heavy atom. The van der Waals surface area contributed by atoms with Crippen molar-refractivity contribution in [3.05, 3.63) is 35.9 Å². The van der Waals surface area contributed by atoms with E-state index in [1.807, 2.05) is 30.3 Å². The number of benzene rings is 1. The molecule has 0 bridgehead atoms. The van der Waals surface area contributed by atoms with E-state index in [1.165, 1.54) is 4.90 Å². The smallest absolute Gasteiger partial charge is 0.311 e. The molecule has 102 valence electrons. The monoisotopic (exact) mass is 263 g/mol. The Morgan fingerprint density at radius 2 is 2.00 bits per heavy atom. The van der Waals surface area contributed by atoms with Gasteiger partial charge in [-0.15, -0.1) is 0 Å². The molecular formula is C14H17NO4. The summed E-state index contributed by atoms with van der Waals surface area (Å²) >= 11 is 0. The first-order valence-corrected chi connectivity index (χ1v) is 6.19. The fourth-order valence-corrected chi connectivity index (χ4v) is 2.24. The van der Waals surface area contributed by atoms with Crippen LogP contribution in [0.5, 0.6) is 0 Å². The summed E-state index contributed by atoms with van der Waals surface area (Å²) in [6.45, 7) is 0.455. The van der Waals surface area contributed by atoms with Gasteiger partial charge >= 0.3 is 5.97 Å². The molecule has 1 aliphatic rings. The minimum atomic E-state index is -0.915. The lowest BCUT2D eigenvalue weighted by Crippen LogP contribution is -2.44. The number of carboxylic acid groups (broad SMARTS) is 1. The number of aliphatic carboxylic acids is 1. The second kappa shape index (κ2) is 5.84. The Bertz CT molecular complexity index is 460. The van der Waals surface area contributed by atoms with Gasteiger partial charge in [-0.3, -0.25) is 9.59 Å². The van der Waals surface area contributed by atoms with E-state index in [0.29, 0.717) is 0 Å². The molecule has 1 fully saturated rings. The third kappa shape index (κ3) is 3.12. The van der Waals surface area contributed by atoms with E-state index in [1.54, 1.807) is 7.05 Å². The van der Waals surface area contributed by atoms with E-state index < -0.39 is 11.9 Å². The molecule has 0 radical (unpaired) electrons. The Hall–Kier alpha value is -1.88. The zero-order chi connectivity index (χ0) is 13.8. The summed E-state index contributed by atoms with van der Waals surface area (Å²) in [5, 5.41) is 9.09. The average Bonchev–Trinajstić information content (AvgIpc) is 2.88. The maximum absolute atomic E-state index is 12.1. The van der Waals surface area contributed by atoms with E-state index in [-0.39, 0.29) is 31.6 Å². The highest BCUT2D eigenvalue weighted by molar-refractivity contribution is 5.80. The molecule has 1 heterocycles. The first kappa shape index (κ1) is 13.5. The summed E-state index contributed by atoms with van der Waals surface area (Å²) in [4.78, 5) is 24.7. The van der Waals surface area contributed by atoms with Crippen molar-refractivity contribution in [1.82, 2.24) is 4.90 Å². The largest absolute Gasteiger partial charge is 0.481 e. The first-order chi connectivity index (χ1) is 9.09. The van der Waals surface area contributed by atoms with Crippen LogP contribution in [0.3, 0.4) is 0 Å². The van der Waals surface area contributed by atoms with Crippen LogP contribution in [-0.2, 0) is 20.7 Å². The van der Waals surface area contributed by atoms with Crippen LogP contribution in [0.15, 0.2) is 30.3 Å². The fraction of sp³-hybridized carbons (Fsp3) is 0.429. The Balaban J connectivity index is 2.01. The lowest BCUT2D eigenvalue weighted by molar-refractivity contribution is -0.144. The van der Waals surface area contributed by atoms with Gasteiger partial charge in [-0.25, -0.2) is 0 Å². The van der Waals surface area contributed by atoms with Gasteiger partial charge in [0.25, 0.3) is 0 Å². The van der Waals surface area contributed by atoms with Crippen LogP contribution >= 0.6 is 0 Å². The van der Waals surface area contributed by atoms with E-state index >= 15 is 0 Å². The van der Waals surface area contributed by atoms with Crippen LogP contribution in [0.4, 0.5) is 0 Å². The predicted molar refractivity (Wildman–Crippen MR) is 68.6 cm³/mol. The lowest BCUT2D eigenvalue weighted by Gasteiger charge is -2.26. The van der Waals surface area contributed by atoms with E-state index in [0.717, 1.165) is 5.56 Å². The van der Waals surface area contributed by atoms with Crippen molar-refractivity contribution in [1.29, 1.82) is 0 Å². The summed E-state index contributed by atoms with van der Waals surface area (Å²) in [5.41, 5.74) is 0.921. The quantitative estimate of drug-likeness (QED) is 0.872. The van der Waals surface area contributed by atoms with Crippen molar-refractivity contribution in [2.75, 3.05) is 20.3 Å². The van der Waals surface area contributed by atoms with Gasteiger partial charge in [0.1, 0.15) is 5.92 Å². The highest BCUT2D eigenvalue weighted by Gasteiger charge is 2.38. The molecule has 1 N–H and O–H groups in total. The SMILES string of the molecule is CN(C(=O)Cc1ccccc1)C1COCC1C(=O)O. The summed E-state index contributed by atoms with van der Waals surface area (Å²) in [5.74, 6) is -1.64. The number of carbonyl (C=O) groups is 2. The van der Waals surface area contributed by atoms with E-state index in [4.69, 9.17) is 9.84 Å². The molecule has 5 nitrogen and oxygen atoms in total. The Kier molecular flexibility index (Phi) is 4.16. The molecule has 1 aromatic rings. The minimum absolute atomic E-state index is 0.0899. The molecule has 2 atom stereocenters. The molecule has 1 aliphatic heterocycles. The van der Waals surface area contributed by atoms with Gasteiger partial charge in [0, 0.05) is 7.05 Å². The molecule has 2 unspecified atom stereocenters. The number of rotatable bonds is 4. The number of nitrogens with zero attached hydrogens (tertiary/aromatic N) is 1. The zero-order valence-electron chi connectivity index (χ0n) is 10.8. The summed E-state index contributed by atoms with van der Waals surface area (Å²) in [6, 6.07) is 9.02. The van der Waals surface area contributed by atoms with Gasteiger partial charge in [-0.05, 0) is 5.56 Å². The summed E-state index contributed by atoms with van der Waals surface area (Å²) in [6.07, 6.45) is 0.278. The molecule has 5 heteroatoms. The summed E-state index contributed by atoms with van der Waals surface area (Å²) in [7, 11) is 1.64. The normalized spacial score (nSPS) is 22.2. The molecule has 0 aliphatic carbocycles. The number of ether oxygens (including phenoxy) is 1. The predicted octanol–water partition coefficient (Wildman–Crippen LogP) is 0.787. The molecule has 0 saturated carbocycles. The third-order valence-corrected chi connectivity index (χ3v) is 3.46. The van der Waals surface area contributed by atoms with E-state index in [2.05, 4.69) is 0 Å². The van der Waals surface area contributed by atoms with Crippen molar-refractivity contribution < 1.29 is 19.4 Å². The number of likely N-dealkylation sites (N-methyl/N-ethyl adjacent to an activating group) is 1. The number of hydrogen-bond donors (Lipinski definition) is 1. The van der Waals surface area contributed by atoms with Gasteiger partial charge < -0.3 is 14.7 Å². The van der Waals surface area contributed by atoms with Crippen LogP contribution in [0, 0.1) is 5.92 Å². The Morgan fingerprint density at radius 3 is 2.63 bits per heavy atom. The van der Waals surface area contributed by atoms with Crippen LogP contribution in [0.2, 0.25) is 0 Å². The highest BCUT2D eigenvalue weighted by atomic mass is 16.5. The van der Waals surface area contributed by atoms with Crippen LogP contribution in [0.25, 0.3) is 0 Å². The third-order valence-electron chi connectivity index (χ3n) is 3.46. The standard InChI is InChI=1S/C14H17NO4/c1-15(12-9-19-8-11(12)14(17)18)13(16)7-10-5-3-2-4-6-10/h2-6,11-12H,7-9H2,1H3,(H,17,18). The van der Waals surface area contributed by atoms with Crippen LogP contribution in [0.1, 0.15) is 5.56 Å². The molecule has 1 saturated heterocycles. The molecular weight excluding hydrogens is 246 g/mol. The number of amides is 1. The van der Waals surface area contributed by atoms with Crippen LogP contribution in [-0.4, -0.2) is 48.2 Å². The number of hydrogen-bond acceptors (Lipinski definition) is 3. The first-order valence-electron chi connectivity index (χ1n) is 6.19.